The first-order valence-corrected chi connectivity index (χ1v) is 11.0. The second-order valence-corrected chi connectivity index (χ2v) is 9.41. The van der Waals surface area contributed by atoms with Crippen LogP contribution in [-0.2, 0) is 10.8 Å². The van der Waals surface area contributed by atoms with Crippen molar-refractivity contribution in [3.05, 3.63) is 75.9 Å². The summed E-state index contributed by atoms with van der Waals surface area (Å²) in [5, 5.41) is 4.22. The molecule has 128 valence electrons. The Labute approximate surface area is 155 Å². The number of hydrogen-bond acceptors (Lipinski definition) is 4. The van der Waals surface area contributed by atoms with E-state index in [0.29, 0.717) is 0 Å². The summed E-state index contributed by atoms with van der Waals surface area (Å²) in [5.41, 5.74) is 3.19. The Morgan fingerprint density at radius 1 is 1.04 bits per heavy atom. The molecule has 1 aliphatic heterocycles. The molecule has 0 saturated carbocycles. The van der Waals surface area contributed by atoms with Gasteiger partial charge in [-0.2, -0.15) is 0 Å². The van der Waals surface area contributed by atoms with E-state index in [4.69, 9.17) is 4.74 Å². The number of hydrogen-bond donors (Lipinski definition) is 0. The van der Waals surface area contributed by atoms with Gasteiger partial charge in [0.25, 0.3) is 0 Å². The second kappa shape index (κ2) is 6.87. The predicted molar refractivity (Wildman–Crippen MR) is 99.5 cm³/mol. The molecule has 0 saturated heterocycles. The average molecular weight is 417 g/mol. The molecule has 0 spiro atoms. The van der Waals surface area contributed by atoms with E-state index < -0.39 is 10.8 Å². The molecule has 6 heteroatoms. The molecular formula is C19H18N2O2SSe. The number of aromatic nitrogens is 2. The third-order valence-corrected chi connectivity index (χ3v) is 8.87. The molecule has 1 aliphatic rings. The van der Waals surface area contributed by atoms with Gasteiger partial charge in [0.1, 0.15) is 0 Å². The summed E-state index contributed by atoms with van der Waals surface area (Å²) < 4.78 is 24.3. The molecule has 4 atom stereocenters. The van der Waals surface area contributed by atoms with Crippen LogP contribution >= 0.6 is 0 Å². The summed E-state index contributed by atoms with van der Waals surface area (Å²) in [7, 11) is 0.582. The zero-order chi connectivity index (χ0) is 17.4. The van der Waals surface area contributed by atoms with E-state index in [1.165, 1.54) is 0 Å². The third kappa shape index (κ3) is 2.88. The molecule has 0 bridgehead atoms. The molecule has 3 aromatic rings. The minimum atomic E-state index is -1.07. The second-order valence-electron chi connectivity index (χ2n) is 6.12. The Morgan fingerprint density at radius 2 is 1.76 bits per heavy atom. The molecule has 0 radical (unpaired) electrons. The summed E-state index contributed by atoms with van der Waals surface area (Å²) in [6.45, 7) is 2.12. The molecule has 0 fully saturated rings. The number of benzene rings is 2. The van der Waals surface area contributed by atoms with Crippen LogP contribution < -0.4 is 4.74 Å². The summed E-state index contributed by atoms with van der Waals surface area (Å²) in [5.74, 6) is 0.916. The Kier molecular flexibility index (Phi) is 4.59. The molecule has 2 aromatic carbocycles. The van der Waals surface area contributed by atoms with E-state index in [9.17, 15) is 4.21 Å². The molecule has 0 amide bonds. The number of rotatable bonds is 3. The topological polar surface area (TPSA) is 52.1 Å². The number of nitrogens with zero attached hydrogens (tertiary/aromatic N) is 2. The first-order valence-electron chi connectivity index (χ1n) is 8.11. The monoisotopic (exact) mass is 418 g/mol. The zero-order valence-electron chi connectivity index (χ0n) is 14.0. The van der Waals surface area contributed by atoms with Crippen molar-refractivity contribution in [3.8, 4) is 5.75 Å². The Hall–Kier alpha value is -1.75. The van der Waals surface area contributed by atoms with Gasteiger partial charge in [0, 0.05) is 0 Å². The van der Waals surface area contributed by atoms with Crippen molar-refractivity contribution in [2.75, 3.05) is 7.11 Å². The van der Waals surface area contributed by atoms with Crippen LogP contribution in [0.2, 0.25) is 0 Å². The molecule has 4 unspecified atom stereocenters. The van der Waals surface area contributed by atoms with Crippen molar-refractivity contribution in [2.24, 2.45) is 0 Å². The predicted octanol–water partition coefficient (Wildman–Crippen LogP) is 3.24. The Morgan fingerprint density at radius 3 is 2.44 bits per heavy atom. The first-order chi connectivity index (χ1) is 12.2. The average Bonchev–Trinajstić information content (AvgIpc) is 3.13. The van der Waals surface area contributed by atoms with Crippen molar-refractivity contribution in [3.63, 3.8) is 0 Å². The summed E-state index contributed by atoms with van der Waals surface area (Å²) >= 11 is -0.0640. The van der Waals surface area contributed by atoms with Gasteiger partial charge in [-0.15, -0.1) is 0 Å². The van der Waals surface area contributed by atoms with Crippen LogP contribution in [0, 0.1) is 0 Å². The van der Waals surface area contributed by atoms with Gasteiger partial charge in [0.2, 0.25) is 0 Å². The normalized spacial score (nSPS) is 25.4. The van der Waals surface area contributed by atoms with Gasteiger partial charge in [0.15, 0.2) is 0 Å². The van der Waals surface area contributed by atoms with Crippen LogP contribution in [0.15, 0.2) is 54.6 Å². The first kappa shape index (κ1) is 16.7. The van der Waals surface area contributed by atoms with E-state index in [1.807, 2.05) is 42.5 Å². The molecule has 4 rings (SSSR count). The van der Waals surface area contributed by atoms with Crippen LogP contribution in [0.3, 0.4) is 0 Å². The van der Waals surface area contributed by atoms with Gasteiger partial charge in [-0.05, 0) is 0 Å². The van der Waals surface area contributed by atoms with Crippen molar-refractivity contribution in [1.82, 2.24) is 9.19 Å². The maximum absolute atomic E-state index is 13.6. The van der Waals surface area contributed by atoms with E-state index in [-0.39, 0.29) is 31.2 Å². The number of methoxy groups -OCH3 is 1. The van der Waals surface area contributed by atoms with Gasteiger partial charge < -0.3 is 0 Å². The Balaban J connectivity index is 1.83. The SMILES string of the molecule is COc1ccc(C2c3[se]nnc3C(C)C(c3ccccc3)S2=O)cc1. The molecule has 2 heterocycles. The van der Waals surface area contributed by atoms with Gasteiger partial charge in [-0.1, -0.05) is 0 Å². The van der Waals surface area contributed by atoms with Crippen molar-refractivity contribution in [2.45, 2.75) is 23.3 Å². The fraction of sp³-hybridized carbons (Fsp3) is 0.263. The van der Waals surface area contributed by atoms with Crippen LogP contribution in [-0.4, -0.2) is 35.2 Å². The molecule has 1 aromatic heterocycles. The fourth-order valence-electron chi connectivity index (χ4n) is 3.43. The van der Waals surface area contributed by atoms with Crippen LogP contribution in [0.1, 0.15) is 44.6 Å². The van der Waals surface area contributed by atoms with Crippen LogP contribution in [0.25, 0.3) is 0 Å². The van der Waals surface area contributed by atoms with Gasteiger partial charge >= 0.3 is 156 Å². The van der Waals surface area contributed by atoms with Crippen molar-refractivity contribution in [1.29, 1.82) is 0 Å². The van der Waals surface area contributed by atoms with Crippen molar-refractivity contribution >= 4 is 25.5 Å². The quantitative estimate of drug-likeness (QED) is 0.614. The summed E-state index contributed by atoms with van der Waals surface area (Å²) in [4.78, 5) is 0. The molecule has 0 N–H and O–H groups in total. The minimum absolute atomic E-state index is 0.0640. The van der Waals surface area contributed by atoms with Crippen molar-refractivity contribution < 1.29 is 8.95 Å². The third-order valence-electron chi connectivity index (χ3n) is 4.69. The summed E-state index contributed by atoms with van der Waals surface area (Å²) in [6, 6.07) is 18.0. The van der Waals surface area contributed by atoms with E-state index in [1.54, 1.807) is 7.11 Å². The number of fused-ring (bicyclic) bond motifs is 1. The number of ether oxygens (including phenoxy) is 1. The molecule has 0 aliphatic carbocycles. The fourth-order valence-corrected chi connectivity index (χ4v) is 7.87. The van der Waals surface area contributed by atoms with E-state index in [2.05, 4.69) is 28.2 Å². The maximum atomic E-state index is 13.6. The van der Waals surface area contributed by atoms with Gasteiger partial charge in [-0.3, -0.25) is 0 Å². The van der Waals surface area contributed by atoms with Crippen LogP contribution in [0.4, 0.5) is 0 Å². The van der Waals surface area contributed by atoms with Gasteiger partial charge in [0.05, 0.1) is 0 Å². The molecule has 25 heavy (non-hydrogen) atoms. The Bertz CT molecular complexity index is 895. The van der Waals surface area contributed by atoms with Gasteiger partial charge in [-0.25, -0.2) is 0 Å². The molecule has 4 nitrogen and oxygen atoms in total. The summed E-state index contributed by atoms with van der Waals surface area (Å²) in [6.07, 6.45) is 0. The zero-order valence-corrected chi connectivity index (χ0v) is 16.5. The standard InChI is InChI=1S/C19H18N2O2SSe/c1-12-16-19(25-21-20-16)18(14-8-10-15(23-2)11-9-14)24(22)17(12)13-6-4-3-5-7-13/h3-12,17-18H,1-2H3. The molecular weight excluding hydrogens is 399 g/mol. The van der Waals surface area contributed by atoms with E-state index >= 15 is 0 Å². The van der Waals surface area contributed by atoms with Crippen LogP contribution in [0.5, 0.6) is 5.75 Å². The van der Waals surface area contributed by atoms with E-state index in [0.717, 1.165) is 27.0 Å².